The lowest BCUT2D eigenvalue weighted by molar-refractivity contribution is -0.138. The van der Waals surface area contributed by atoms with Crippen molar-refractivity contribution in [3.63, 3.8) is 0 Å². The number of carboxylic acids is 1. The summed E-state index contributed by atoms with van der Waals surface area (Å²) in [6, 6.07) is 11.6. The summed E-state index contributed by atoms with van der Waals surface area (Å²) in [5.41, 5.74) is 4.35. The van der Waals surface area contributed by atoms with Crippen LogP contribution in [0.15, 0.2) is 42.6 Å². The Labute approximate surface area is 222 Å². The number of anilines is 1. The number of aromatic nitrogens is 2. The highest BCUT2D eigenvalue weighted by atomic mass is 16.4. The van der Waals surface area contributed by atoms with Gasteiger partial charge in [-0.05, 0) is 68.2 Å². The first-order valence-electron chi connectivity index (χ1n) is 13.5. The van der Waals surface area contributed by atoms with Crippen LogP contribution in [0.4, 0.5) is 5.82 Å². The lowest BCUT2D eigenvalue weighted by atomic mass is 9.99. The van der Waals surface area contributed by atoms with Crippen molar-refractivity contribution < 1.29 is 19.5 Å². The van der Waals surface area contributed by atoms with Crippen molar-refractivity contribution in [2.75, 3.05) is 25.0 Å². The summed E-state index contributed by atoms with van der Waals surface area (Å²) < 4.78 is 0. The Kier molecular flexibility index (Phi) is 7.91. The molecule has 3 aromatic rings. The van der Waals surface area contributed by atoms with Crippen molar-refractivity contribution in [3.05, 3.63) is 59.4 Å². The van der Waals surface area contributed by atoms with E-state index in [1.807, 2.05) is 30.5 Å². The smallest absolute Gasteiger partial charge is 0.305 e. The maximum atomic E-state index is 13.0. The largest absolute Gasteiger partial charge is 0.481 e. The minimum absolute atomic E-state index is 0.00943. The molecule has 4 N–H and O–H groups in total. The minimum Gasteiger partial charge on any atom is -0.481 e. The van der Waals surface area contributed by atoms with Gasteiger partial charge >= 0.3 is 5.97 Å². The molecule has 0 bridgehead atoms. The monoisotopic (exact) mass is 517 g/mol. The van der Waals surface area contributed by atoms with Gasteiger partial charge in [0.2, 0.25) is 11.8 Å². The van der Waals surface area contributed by atoms with E-state index in [0.717, 1.165) is 53.8 Å². The molecule has 2 aliphatic rings. The molecule has 2 atom stereocenters. The van der Waals surface area contributed by atoms with Gasteiger partial charge in [0.15, 0.2) is 0 Å². The van der Waals surface area contributed by atoms with E-state index in [-0.39, 0.29) is 30.7 Å². The summed E-state index contributed by atoms with van der Waals surface area (Å²) in [5.74, 6) is -0.440. The number of aromatic amines is 1. The van der Waals surface area contributed by atoms with Gasteiger partial charge < -0.3 is 25.6 Å². The lowest BCUT2D eigenvalue weighted by Gasteiger charge is -2.21. The fourth-order valence-electron chi connectivity index (χ4n) is 5.61. The molecule has 9 nitrogen and oxygen atoms in total. The van der Waals surface area contributed by atoms with Crippen LogP contribution in [-0.4, -0.2) is 63.4 Å². The Hall–Kier alpha value is -3.88. The molecule has 0 saturated carbocycles. The molecular formula is C29H35N5O4. The van der Waals surface area contributed by atoms with E-state index < -0.39 is 12.0 Å². The second-order valence-corrected chi connectivity index (χ2v) is 10.4. The molecule has 0 spiro atoms. The van der Waals surface area contributed by atoms with Crippen LogP contribution in [-0.2, 0) is 33.6 Å². The van der Waals surface area contributed by atoms with E-state index in [4.69, 9.17) is 4.98 Å². The zero-order valence-corrected chi connectivity index (χ0v) is 21.5. The van der Waals surface area contributed by atoms with Gasteiger partial charge in [0.05, 0.1) is 13.0 Å². The van der Waals surface area contributed by atoms with Crippen LogP contribution in [0.3, 0.4) is 0 Å². The number of carboxylic acid groups (broad SMARTS) is 1. The number of carbonyl (C=O) groups excluding carboxylic acids is 2. The quantitative estimate of drug-likeness (QED) is 0.309. The Balaban J connectivity index is 1.11. The predicted octanol–water partition coefficient (Wildman–Crippen LogP) is 3.29. The first kappa shape index (κ1) is 25.8. The molecule has 1 aromatic carbocycles. The number of para-hydroxylation sites is 1. The second kappa shape index (κ2) is 11.7. The normalized spacial score (nSPS) is 17.7. The SMILES string of the molecule is O=C(O)CC(CCc1c[nH]c2ccccc12)NC(=O)CN1CC[C@@H](CCc2ccc3c(n2)NCCC3)C1=O. The van der Waals surface area contributed by atoms with Crippen molar-refractivity contribution >= 4 is 34.5 Å². The number of rotatable bonds is 11. The molecule has 4 heterocycles. The van der Waals surface area contributed by atoms with Crippen molar-refractivity contribution in [2.45, 2.75) is 57.4 Å². The molecule has 2 aliphatic heterocycles. The Morgan fingerprint density at radius 1 is 1.18 bits per heavy atom. The third-order valence-electron chi connectivity index (χ3n) is 7.67. The van der Waals surface area contributed by atoms with E-state index in [0.29, 0.717) is 32.2 Å². The third kappa shape index (κ3) is 6.15. The zero-order chi connectivity index (χ0) is 26.5. The van der Waals surface area contributed by atoms with Crippen LogP contribution >= 0.6 is 0 Å². The molecular weight excluding hydrogens is 482 g/mol. The average molecular weight is 518 g/mol. The molecule has 1 saturated heterocycles. The van der Waals surface area contributed by atoms with Crippen LogP contribution < -0.4 is 10.6 Å². The van der Waals surface area contributed by atoms with Gasteiger partial charge in [-0.25, -0.2) is 4.98 Å². The van der Waals surface area contributed by atoms with E-state index in [9.17, 15) is 19.5 Å². The van der Waals surface area contributed by atoms with E-state index in [1.165, 1.54) is 5.56 Å². The summed E-state index contributed by atoms with van der Waals surface area (Å²) in [6.45, 7) is 1.44. The first-order chi connectivity index (χ1) is 18.5. The van der Waals surface area contributed by atoms with Crippen LogP contribution in [0.25, 0.3) is 10.9 Å². The van der Waals surface area contributed by atoms with Gasteiger partial charge in [-0.2, -0.15) is 0 Å². The number of nitrogens with zero attached hydrogens (tertiary/aromatic N) is 2. The van der Waals surface area contributed by atoms with Gasteiger partial charge in [0.1, 0.15) is 5.82 Å². The number of hydrogen-bond acceptors (Lipinski definition) is 5. The molecule has 9 heteroatoms. The molecule has 2 aromatic heterocycles. The van der Waals surface area contributed by atoms with Crippen molar-refractivity contribution in [3.8, 4) is 0 Å². The summed E-state index contributed by atoms with van der Waals surface area (Å²) in [7, 11) is 0. The maximum Gasteiger partial charge on any atom is 0.305 e. The highest BCUT2D eigenvalue weighted by molar-refractivity contribution is 5.87. The van der Waals surface area contributed by atoms with Crippen LogP contribution in [0.1, 0.15) is 48.9 Å². The number of carbonyl (C=O) groups is 3. The Bertz CT molecular complexity index is 1320. The molecule has 38 heavy (non-hydrogen) atoms. The highest BCUT2D eigenvalue weighted by Gasteiger charge is 2.32. The Morgan fingerprint density at radius 2 is 2.05 bits per heavy atom. The number of benzene rings is 1. The molecule has 1 unspecified atom stereocenters. The molecule has 2 amide bonds. The summed E-state index contributed by atoms with van der Waals surface area (Å²) in [4.78, 5) is 46.8. The molecule has 5 rings (SSSR count). The highest BCUT2D eigenvalue weighted by Crippen LogP contribution is 2.25. The van der Waals surface area contributed by atoms with Crippen LogP contribution in [0.2, 0.25) is 0 Å². The fraction of sp³-hybridized carbons (Fsp3) is 0.448. The van der Waals surface area contributed by atoms with E-state index >= 15 is 0 Å². The number of hydrogen-bond donors (Lipinski definition) is 4. The van der Waals surface area contributed by atoms with Gasteiger partial charge in [-0.1, -0.05) is 24.3 Å². The molecule has 0 aliphatic carbocycles. The zero-order valence-electron chi connectivity index (χ0n) is 21.5. The number of pyridine rings is 1. The predicted molar refractivity (Wildman–Crippen MR) is 145 cm³/mol. The summed E-state index contributed by atoms with van der Waals surface area (Å²) in [6.07, 6.45) is 7.22. The average Bonchev–Trinajstić information content (AvgIpc) is 3.48. The van der Waals surface area contributed by atoms with Crippen LogP contribution in [0, 0.1) is 5.92 Å². The first-order valence-corrected chi connectivity index (χ1v) is 13.5. The fourth-order valence-corrected chi connectivity index (χ4v) is 5.61. The van der Waals surface area contributed by atoms with Gasteiger partial charge in [-0.3, -0.25) is 14.4 Å². The number of aliphatic carboxylic acids is 1. The number of amides is 2. The number of nitrogens with one attached hydrogen (secondary N) is 3. The van der Waals surface area contributed by atoms with Gasteiger partial charge in [0, 0.05) is 47.8 Å². The van der Waals surface area contributed by atoms with E-state index in [2.05, 4.69) is 27.8 Å². The van der Waals surface area contributed by atoms with Crippen molar-refractivity contribution in [1.29, 1.82) is 0 Å². The van der Waals surface area contributed by atoms with Gasteiger partial charge in [0.25, 0.3) is 0 Å². The topological polar surface area (TPSA) is 127 Å². The number of fused-ring (bicyclic) bond motifs is 2. The number of likely N-dealkylation sites (tertiary alicyclic amines) is 1. The standard InChI is InChI=1S/C29H35N5O4/c35-26(32-23(16-27(36)37)12-9-21-17-31-25-6-2-1-5-24(21)25)18-34-15-13-20(29(34)38)8-11-22-10-7-19-4-3-14-30-28(19)33-22/h1-2,5-7,10,17,20,23,31H,3-4,8-9,11-16,18H2,(H,30,33)(H,32,35)(H,36,37)/t20-,23?/m1/s1. The van der Waals surface area contributed by atoms with E-state index in [1.54, 1.807) is 4.90 Å². The number of aryl methyl sites for hydroxylation is 3. The molecule has 0 radical (unpaired) electrons. The van der Waals surface area contributed by atoms with Crippen molar-refractivity contribution in [1.82, 2.24) is 20.2 Å². The van der Waals surface area contributed by atoms with Crippen molar-refractivity contribution in [2.24, 2.45) is 5.92 Å². The minimum atomic E-state index is -0.961. The van der Waals surface area contributed by atoms with Crippen LogP contribution in [0.5, 0.6) is 0 Å². The summed E-state index contributed by atoms with van der Waals surface area (Å²) in [5, 5.41) is 16.7. The molecule has 1 fully saturated rings. The Morgan fingerprint density at radius 3 is 2.92 bits per heavy atom. The second-order valence-electron chi connectivity index (χ2n) is 10.4. The lowest BCUT2D eigenvalue weighted by Crippen LogP contribution is -2.44. The number of H-pyrrole nitrogens is 1. The summed E-state index contributed by atoms with van der Waals surface area (Å²) >= 11 is 0. The maximum absolute atomic E-state index is 13.0. The van der Waals surface area contributed by atoms with Gasteiger partial charge in [-0.15, -0.1) is 0 Å². The third-order valence-corrected chi connectivity index (χ3v) is 7.67. The molecule has 200 valence electrons.